The fraction of sp³-hybridized carbons (Fsp3) is 0.462. The van der Waals surface area contributed by atoms with Crippen LogP contribution in [0.1, 0.15) is 37.2 Å². The summed E-state index contributed by atoms with van der Waals surface area (Å²) in [6, 6.07) is 14.2. The summed E-state index contributed by atoms with van der Waals surface area (Å²) in [6.45, 7) is 6.42. The van der Waals surface area contributed by atoms with Crippen LogP contribution in [0.5, 0.6) is 5.75 Å². The number of anilines is 1. The van der Waals surface area contributed by atoms with E-state index in [0.717, 1.165) is 23.4 Å². The molecule has 3 aromatic rings. The minimum Gasteiger partial charge on any atom is -0.493 e. The highest BCUT2D eigenvalue weighted by atomic mass is 19.1. The van der Waals surface area contributed by atoms with Gasteiger partial charge in [-0.1, -0.05) is 43.3 Å². The van der Waals surface area contributed by atoms with Gasteiger partial charge in [-0.2, -0.15) is 4.98 Å². The van der Waals surface area contributed by atoms with Gasteiger partial charge in [-0.3, -0.25) is 0 Å². The summed E-state index contributed by atoms with van der Waals surface area (Å²) < 4.78 is 39.4. The third-order valence-electron chi connectivity index (χ3n) is 5.90. The highest BCUT2D eigenvalue weighted by Crippen LogP contribution is 2.24. The fourth-order valence-electron chi connectivity index (χ4n) is 4.04. The van der Waals surface area contributed by atoms with Crippen molar-refractivity contribution in [1.29, 1.82) is 0 Å². The van der Waals surface area contributed by atoms with E-state index in [9.17, 15) is 8.78 Å². The maximum atomic E-state index is 14.8. The molecule has 0 saturated carbocycles. The average molecular weight is 471 g/mol. The summed E-state index contributed by atoms with van der Waals surface area (Å²) in [4.78, 5) is 6.46. The Bertz CT molecular complexity index is 1020. The van der Waals surface area contributed by atoms with E-state index in [-0.39, 0.29) is 11.9 Å². The summed E-state index contributed by atoms with van der Waals surface area (Å²) >= 11 is 0. The van der Waals surface area contributed by atoms with E-state index < -0.39 is 6.17 Å². The largest absolute Gasteiger partial charge is 0.493 e. The number of aromatic nitrogens is 2. The molecule has 1 fully saturated rings. The third kappa shape index (κ3) is 6.53. The van der Waals surface area contributed by atoms with Crippen molar-refractivity contribution in [2.75, 3.05) is 31.1 Å². The molecule has 0 amide bonds. The van der Waals surface area contributed by atoms with Crippen LogP contribution in [0.15, 0.2) is 53.1 Å². The van der Waals surface area contributed by atoms with E-state index in [1.54, 1.807) is 12.1 Å². The first kappa shape index (κ1) is 24.1. The maximum Gasteiger partial charge on any atom is 0.324 e. The van der Waals surface area contributed by atoms with E-state index in [4.69, 9.17) is 9.26 Å². The van der Waals surface area contributed by atoms with Crippen LogP contribution in [0.2, 0.25) is 0 Å². The molecule has 6 nitrogen and oxygen atoms in total. The number of benzene rings is 2. The molecule has 0 bridgehead atoms. The molecule has 0 aliphatic carbocycles. The number of rotatable bonds is 10. The minimum absolute atomic E-state index is 0.274. The van der Waals surface area contributed by atoms with Crippen LogP contribution >= 0.6 is 0 Å². The summed E-state index contributed by atoms with van der Waals surface area (Å²) in [7, 11) is 0. The van der Waals surface area contributed by atoms with Crippen LogP contribution in [0.25, 0.3) is 0 Å². The molecule has 0 radical (unpaired) electrons. The monoisotopic (exact) mass is 470 g/mol. The summed E-state index contributed by atoms with van der Waals surface area (Å²) in [5, 5.41) is 7.24. The molecule has 2 aromatic carbocycles. The number of piperidine rings is 1. The van der Waals surface area contributed by atoms with Gasteiger partial charge >= 0.3 is 6.01 Å². The molecule has 1 N–H and O–H groups in total. The van der Waals surface area contributed by atoms with Crippen molar-refractivity contribution in [1.82, 2.24) is 15.5 Å². The number of nitrogens with one attached hydrogen (secondary N) is 1. The number of alkyl halides is 1. The lowest BCUT2D eigenvalue weighted by Gasteiger charge is -2.35. The van der Waals surface area contributed by atoms with E-state index in [0.29, 0.717) is 56.7 Å². The Kier molecular flexibility index (Phi) is 8.11. The Labute approximate surface area is 199 Å². The third-order valence-corrected chi connectivity index (χ3v) is 5.90. The lowest BCUT2D eigenvalue weighted by atomic mass is 10.0. The van der Waals surface area contributed by atoms with Crippen LogP contribution in [0.4, 0.5) is 14.8 Å². The quantitative estimate of drug-likeness (QED) is 0.468. The summed E-state index contributed by atoms with van der Waals surface area (Å²) in [5.41, 5.74) is 2.00. The first-order valence-electron chi connectivity index (χ1n) is 11.9. The van der Waals surface area contributed by atoms with Crippen LogP contribution in [0, 0.1) is 11.7 Å². The zero-order valence-corrected chi connectivity index (χ0v) is 19.7. The van der Waals surface area contributed by atoms with Crippen molar-refractivity contribution in [2.45, 2.75) is 45.3 Å². The molecule has 34 heavy (non-hydrogen) atoms. The number of hydrogen-bond acceptors (Lipinski definition) is 6. The first-order chi connectivity index (χ1) is 16.5. The zero-order chi connectivity index (χ0) is 23.9. The molecule has 2 atom stereocenters. The maximum absolute atomic E-state index is 14.8. The molecular formula is C26H32F2N4O2. The van der Waals surface area contributed by atoms with Crippen LogP contribution in [-0.2, 0) is 12.8 Å². The highest BCUT2D eigenvalue weighted by molar-refractivity contribution is 5.33. The van der Waals surface area contributed by atoms with Crippen molar-refractivity contribution >= 4 is 6.01 Å². The van der Waals surface area contributed by atoms with Gasteiger partial charge in [0.15, 0.2) is 5.82 Å². The molecule has 2 heterocycles. The standard InChI is InChI=1S/C26H32F2N4O2/c1-18(2)17-33-22-9-5-20(6-10-22)15-25-30-26(34-31-25)32(24-11-13-29-16-23(24)28)14-12-19-3-7-21(27)8-4-19/h3-10,18,23-24,29H,11-17H2,1-2H3/t23-,24+/m0/s1. The van der Waals surface area contributed by atoms with E-state index in [2.05, 4.69) is 29.3 Å². The Hall–Kier alpha value is -3.00. The molecule has 1 aliphatic rings. The van der Waals surface area contributed by atoms with Crippen molar-refractivity contribution in [3.63, 3.8) is 0 Å². The van der Waals surface area contributed by atoms with Crippen LogP contribution < -0.4 is 15.0 Å². The van der Waals surface area contributed by atoms with Gasteiger partial charge in [0.1, 0.15) is 17.7 Å². The number of ether oxygens (including phenoxy) is 1. The molecule has 8 heteroatoms. The molecule has 1 saturated heterocycles. The van der Waals surface area contributed by atoms with E-state index >= 15 is 0 Å². The first-order valence-corrected chi connectivity index (χ1v) is 11.9. The Morgan fingerprint density at radius 2 is 1.85 bits per heavy atom. The molecule has 0 unspecified atom stereocenters. The fourth-order valence-corrected chi connectivity index (χ4v) is 4.04. The van der Waals surface area contributed by atoms with Gasteiger partial charge in [-0.25, -0.2) is 8.78 Å². The Morgan fingerprint density at radius 1 is 1.12 bits per heavy atom. The lowest BCUT2D eigenvalue weighted by molar-refractivity contribution is 0.216. The molecule has 182 valence electrons. The SMILES string of the molecule is CC(C)COc1ccc(Cc2noc(N(CCc3ccc(F)cc3)[C@@H]3CCNC[C@@H]3F)n2)cc1. The predicted molar refractivity (Wildman–Crippen MR) is 127 cm³/mol. The zero-order valence-electron chi connectivity index (χ0n) is 19.7. The Morgan fingerprint density at radius 3 is 2.56 bits per heavy atom. The van der Waals surface area contributed by atoms with Crippen molar-refractivity contribution in [3.05, 3.63) is 71.3 Å². The second-order valence-electron chi connectivity index (χ2n) is 9.16. The summed E-state index contributed by atoms with van der Waals surface area (Å²) in [5.74, 6) is 1.57. The van der Waals surface area contributed by atoms with Gasteiger partial charge in [0.05, 0.1) is 12.6 Å². The average Bonchev–Trinajstić information content (AvgIpc) is 3.29. The van der Waals surface area contributed by atoms with Crippen molar-refractivity contribution in [2.24, 2.45) is 5.92 Å². The van der Waals surface area contributed by atoms with Gasteiger partial charge < -0.3 is 19.5 Å². The normalized spacial score (nSPS) is 18.3. The number of halogens is 2. The van der Waals surface area contributed by atoms with Gasteiger partial charge in [0.25, 0.3) is 0 Å². The molecule has 1 aromatic heterocycles. The topological polar surface area (TPSA) is 63.4 Å². The molecule has 4 rings (SSSR count). The van der Waals surface area contributed by atoms with Crippen molar-refractivity contribution in [3.8, 4) is 5.75 Å². The lowest BCUT2D eigenvalue weighted by Crippen LogP contribution is -2.52. The molecule has 1 aliphatic heterocycles. The van der Waals surface area contributed by atoms with E-state index in [1.807, 2.05) is 29.2 Å². The van der Waals surface area contributed by atoms with E-state index in [1.165, 1.54) is 12.1 Å². The molecule has 0 spiro atoms. The summed E-state index contributed by atoms with van der Waals surface area (Å²) in [6.07, 6.45) is 0.716. The smallest absolute Gasteiger partial charge is 0.324 e. The highest BCUT2D eigenvalue weighted by Gasteiger charge is 2.33. The number of nitrogens with zero attached hydrogens (tertiary/aromatic N) is 3. The van der Waals surface area contributed by atoms with Gasteiger partial charge in [0.2, 0.25) is 0 Å². The minimum atomic E-state index is -1.05. The number of hydrogen-bond donors (Lipinski definition) is 1. The van der Waals surface area contributed by atoms with Crippen molar-refractivity contribution < 1.29 is 18.0 Å². The van der Waals surface area contributed by atoms with Gasteiger partial charge in [-0.05, 0) is 60.7 Å². The molecular weight excluding hydrogens is 438 g/mol. The second-order valence-corrected chi connectivity index (χ2v) is 9.16. The van der Waals surface area contributed by atoms with Crippen LogP contribution in [-0.4, -0.2) is 48.6 Å². The van der Waals surface area contributed by atoms with Gasteiger partial charge in [0, 0.05) is 19.5 Å². The Balaban J connectivity index is 1.45. The predicted octanol–water partition coefficient (Wildman–Crippen LogP) is 4.58. The second kappa shape index (κ2) is 11.4. The van der Waals surface area contributed by atoms with Gasteiger partial charge in [-0.15, -0.1) is 0 Å². The van der Waals surface area contributed by atoms with Crippen LogP contribution in [0.3, 0.4) is 0 Å².